The Morgan fingerprint density at radius 3 is 2.55 bits per heavy atom. The lowest BCUT2D eigenvalue weighted by atomic mass is 10.00. The maximum atomic E-state index is 12.9. The van der Waals surface area contributed by atoms with Crippen molar-refractivity contribution in [2.75, 3.05) is 27.2 Å². The van der Waals surface area contributed by atoms with Crippen LogP contribution in [0.2, 0.25) is 0 Å². The number of fused-ring (bicyclic) bond motifs is 4. The number of benzene rings is 2. The van der Waals surface area contributed by atoms with E-state index in [1.165, 1.54) is 6.92 Å². The summed E-state index contributed by atoms with van der Waals surface area (Å²) in [6.45, 7) is 4.13. The molecule has 33 heavy (non-hydrogen) atoms. The Labute approximate surface area is 191 Å². The molecule has 0 atom stereocenters. The van der Waals surface area contributed by atoms with Gasteiger partial charge in [-0.3, -0.25) is 14.6 Å². The number of hydroxylamine groups is 2. The molecule has 0 aliphatic heterocycles. The average Bonchev–Trinajstić information content (AvgIpc) is 3.01. The molecule has 1 amide bonds. The van der Waals surface area contributed by atoms with E-state index in [1.54, 1.807) is 26.4 Å². The Balaban J connectivity index is 1.81. The Morgan fingerprint density at radius 2 is 1.85 bits per heavy atom. The van der Waals surface area contributed by atoms with Gasteiger partial charge >= 0.3 is 5.97 Å². The molecule has 4 rings (SSSR count). The molecule has 0 aliphatic rings. The molecule has 3 N–H and O–H groups in total. The van der Waals surface area contributed by atoms with E-state index in [1.807, 2.05) is 38.2 Å². The molecule has 0 unspecified atom stereocenters. The van der Waals surface area contributed by atoms with E-state index in [4.69, 9.17) is 4.74 Å². The summed E-state index contributed by atoms with van der Waals surface area (Å²) in [6.07, 6.45) is 1.64. The molecule has 4 aromatic rings. The zero-order valence-corrected chi connectivity index (χ0v) is 19.4. The number of carbonyl (C=O) groups excluding carboxylic acids is 2. The standard InChI is InChI=1S/C24H27N5O4/c1-14-17-8-9-25-22(24(31)26-10-11-27-29(4,5)32)19(17)13-20-18-12-16(33-15(2)30)6-7-21(18)28(3)23(14)20/h6-9,12-13,27,32H,10-11H2,1-5H3/p+1. The molecule has 2 heterocycles. The van der Waals surface area contributed by atoms with E-state index in [-0.39, 0.29) is 11.9 Å². The van der Waals surface area contributed by atoms with Crippen molar-refractivity contribution in [3.8, 4) is 5.75 Å². The van der Waals surface area contributed by atoms with Crippen LogP contribution in [-0.2, 0) is 11.8 Å². The van der Waals surface area contributed by atoms with E-state index >= 15 is 0 Å². The van der Waals surface area contributed by atoms with Crippen LogP contribution in [0.1, 0.15) is 23.0 Å². The van der Waals surface area contributed by atoms with Gasteiger partial charge in [-0.2, -0.15) is 5.21 Å². The van der Waals surface area contributed by atoms with Crippen molar-refractivity contribution in [2.24, 2.45) is 7.05 Å². The van der Waals surface area contributed by atoms with Gasteiger partial charge in [0.1, 0.15) is 25.5 Å². The monoisotopic (exact) mass is 450 g/mol. The normalized spacial score (nSPS) is 11.9. The fraction of sp³-hybridized carbons (Fsp3) is 0.292. The van der Waals surface area contributed by atoms with Crippen LogP contribution in [-0.4, -0.2) is 58.6 Å². The van der Waals surface area contributed by atoms with Crippen LogP contribution < -0.4 is 15.5 Å². The van der Waals surface area contributed by atoms with Gasteiger partial charge in [0, 0.05) is 48.4 Å². The number of hydrogen-bond acceptors (Lipinski definition) is 6. The Kier molecular flexibility index (Phi) is 5.79. The molecule has 0 saturated heterocycles. The maximum absolute atomic E-state index is 12.9. The molecule has 0 bridgehead atoms. The van der Waals surface area contributed by atoms with Crippen LogP contribution >= 0.6 is 0 Å². The van der Waals surface area contributed by atoms with Crippen molar-refractivity contribution >= 4 is 44.5 Å². The zero-order chi connectivity index (χ0) is 23.9. The maximum Gasteiger partial charge on any atom is 0.308 e. The quantitative estimate of drug-likeness (QED) is 0.137. The molecule has 0 fully saturated rings. The summed E-state index contributed by atoms with van der Waals surface area (Å²) in [5.74, 6) is -0.190. The van der Waals surface area contributed by atoms with Crippen molar-refractivity contribution in [2.45, 2.75) is 13.8 Å². The third-order valence-corrected chi connectivity index (χ3v) is 5.63. The first-order chi connectivity index (χ1) is 15.6. The van der Waals surface area contributed by atoms with Gasteiger partial charge in [0.25, 0.3) is 5.91 Å². The van der Waals surface area contributed by atoms with Gasteiger partial charge in [-0.05, 0) is 48.2 Å². The van der Waals surface area contributed by atoms with E-state index in [9.17, 15) is 14.8 Å². The largest absolute Gasteiger partial charge is 0.427 e. The smallest absolute Gasteiger partial charge is 0.308 e. The fourth-order valence-electron chi connectivity index (χ4n) is 4.27. The highest BCUT2D eigenvalue weighted by Gasteiger charge is 2.19. The molecule has 9 heteroatoms. The first-order valence-electron chi connectivity index (χ1n) is 10.7. The Bertz CT molecular complexity index is 1400. The summed E-state index contributed by atoms with van der Waals surface area (Å²) in [7, 11) is 5.16. The third kappa shape index (κ3) is 4.38. The summed E-state index contributed by atoms with van der Waals surface area (Å²) < 4.78 is 7.01. The number of pyridine rings is 1. The molecule has 0 aliphatic carbocycles. The minimum absolute atomic E-state index is 0.287. The van der Waals surface area contributed by atoms with Crippen LogP contribution in [0.4, 0.5) is 0 Å². The first-order valence-corrected chi connectivity index (χ1v) is 10.7. The van der Waals surface area contributed by atoms with Gasteiger partial charge in [-0.15, -0.1) is 10.2 Å². The summed E-state index contributed by atoms with van der Waals surface area (Å²) >= 11 is 0. The van der Waals surface area contributed by atoms with E-state index in [0.29, 0.717) is 24.5 Å². The van der Waals surface area contributed by atoms with Crippen LogP contribution in [0.15, 0.2) is 36.5 Å². The van der Waals surface area contributed by atoms with Gasteiger partial charge < -0.3 is 14.6 Å². The number of ether oxygens (including phenoxy) is 1. The first kappa shape index (κ1) is 22.7. The Morgan fingerprint density at radius 1 is 1.09 bits per heavy atom. The molecule has 172 valence electrons. The lowest BCUT2D eigenvalue weighted by Gasteiger charge is -2.19. The van der Waals surface area contributed by atoms with Gasteiger partial charge in [-0.25, -0.2) is 0 Å². The van der Waals surface area contributed by atoms with Crippen LogP contribution in [0.25, 0.3) is 32.6 Å². The number of esters is 1. The number of aromatic nitrogens is 2. The van der Waals surface area contributed by atoms with Crippen molar-refractivity contribution in [1.82, 2.24) is 20.3 Å². The van der Waals surface area contributed by atoms with Crippen LogP contribution in [0.3, 0.4) is 0 Å². The summed E-state index contributed by atoms with van der Waals surface area (Å²) in [5.41, 5.74) is 6.27. The van der Waals surface area contributed by atoms with E-state index < -0.39 is 4.76 Å². The van der Waals surface area contributed by atoms with Crippen molar-refractivity contribution in [3.05, 3.63) is 47.8 Å². The fourth-order valence-corrected chi connectivity index (χ4v) is 4.27. The van der Waals surface area contributed by atoms with Gasteiger partial charge in [0.05, 0.1) is 12.1 Å². The number of amides is 1. The number of nitrogens with zero attached hydrogens (tertiary/aromatic N) is 3. The number of carbonyl (C=O) groups is 2. The SMILES string of the molecule is CC(=O)Oc1ccc2c(c1)c1cc3c(C(=O)NCCN[N+](C)(C)O)nccc3c(C)c1n2C. The second-order valence-corrected chi connectivity index (χ2v) is 8.54. The Hall–Kier alpha value is -3.53. The van der Waals surface area contributed by atoms with Gasteiger partial charge in [-0.1, -0.05) is 0 Å². The number of nitrogens with one attached hydrogen (secondary N) is 2. The van der Waals surface area contributed by atoms with Crippen molar-refractivity contribution < 1.29 is 24.3 Å². The molecule has 0 radical (unpaired) electrons. The topological polar surface area (TPSA) is 105 Å². The highest BCUT2D eigenvalue weighted by Crippen LogP contribution is 2.37. The highest BCUT2D eigenvalue weighted by atomic mass is 16.6. The highest BCUT2D eigenvalue weighted by molar-refractivity contribution is 6.17. The zero-order valence-electron chi connectivity index (χ0n) is 19.4. The van der Waals surface area contributed by atoms with Gasteiger partial charge in [0.2, 0.25) is 0 Å². The second kappa shape index (κ2) is 8.43. The van der Waals surface area contributed by atoms with E-state index in [2.05, 4.69) is 20.3 Å². The minimum Gasteiger partial charge on any atom is -0.427 e. The summed E-state index contributed by atoms with van der Waals surface area (Å²) in [6, 6.07) is 9.44. The average molecular weight is 451 g/mol. The summed E-state index contributed by atoms with van der Waals surface area (Å²) in [5, 5.41) is 16.1. The van der Waals surface area contributed by atoms with Crippen LogP contribution in [0, 0.1) is 6.92 Å². The molecular weight excluding hydrogens is 422 g/mol. The van der Waals surface area contributed by atoms with Crippen molar-refractivity contribution in [3.63, 3.8) is 0 Å². The molecular formula is C24H28N5O4+. The number of hydrogen-bond donors (Lipinski definition) is 3. The molecule has 0 spiro atoms. The predicted molar refractivity (Wildman–Crippen MR) is 126 cm³/mol. The minimum atomic E-state index is -0.393. The number of rotatable bonds is 6. The van der Waals surface area contributed by atoms with Crippen molar-refractivity contribution in [1.29, 1.82) is 0 Å². The number of quaternary nitrogens is 1. The molecule has 2 aromatic carbocycles. The van der Waals surface area contributed by atoms with Crippen LogP contribution in [0.5, 0.6) is 5.75 Å². The van der Waals surface area contributed by atoms with E-state index in [0.717, 1.165) is 38.1 Å². The lowest BCUT2D eigenvalue weighted by molar-refractivity contribution is -1.11. The lowest BCUT2D eigenvalue weighted by Crippen LogP contribution is -2.51. The number of aryl methyl sites for hydroxylation is 2. The molecule has 9 nitrogen and oxygen atoms in total. The van der Waals surface area contributed by atoms with Gasteiger partial charge in [0.15, 0.2) is 0 Å². The molecule has 0 saturated carbocycles. The third-order valence-electron chi connectivity index (χ3n) is 5.63. The summed E-state index contributed by atoms with van der Waals surface area (Å²) in [4.78, 5) is 28.7. The molecule has 2 aromatic heterocycles. The predicted octanol–water partition coefficient (Wildman–Crippen LogP) is 2.81. The second-order valence-electron chi connectivity index (χ2n) is 8.54.